The molecule has 2 N–H and O–H groups in total. The molecule has 0 saturated carbocycles. The molecule has 1 aliphatic heterocycles. The molecule has 0 unspecified atom stereocenters. The predicted octanol–water partition coefficient (Wildman–Crippen LogP) is 4.47. The Balaban J connectivity index is 1.42. The molecular formula is C30H38FN6O7P. The summed E-state index contributed by atoms with van der Waals surface area (Å²) in [7, 11) is -0.764. The molecule has 0 amide bonds. The van der Waals surface area contributed by atoms with Crippen molar-refractivity contribution in [2.45, 2.75) is 70.9 Å². The quantitative estimate of drug-likeness (QED) is 0.175. The van der Waals surface area contributed by atoms with Crippen LogP contribution in [0.2, 0.25) is 0 Å². The Morgan fingerprint density at radius 3 is 2.62 bits per heavy atom. The minimum absolute atomic E-state index is 0.228. The van der Waals surface area contributed by atoms with Crippen molar-refractivity contribution in [3.8, 4) is 5.75 Å². The van der Waals surface area contributed by atoms with Gasteiger partial charge in [-0.3, -0.25) is 13.9 Å². The highest BCUT2D eigenvalue weighted by atomic mass is 31.2. The number of aromatic nitrogens is 4. The molecule has 0 radical (unpaired) electrons. The fourth-order valence-electron chi connectivity index (χ4n) is 5.13. The number of fused-ring (bicyclic) bond motifs is 2. The number of carbonyl (C=O) groups is 1. The van der Waals surface area contributed by atoms with Gasteiger partial charge in [-0.2, -0.15) is 5.09 Å². The van der Waals surface area contributed by atoms with Crippen LogP contribution in [-0.2, 0) is 23.4 Å². The van der Waals surface area contributed by atoms with E-state index < -0.39 is 56.6 Å². The number of carbonyl (C=O) groups excluding carboxylic acids is 1. The van der Waals surface area contributed by atoms with Gasteiger partial charge in [0.1, 0.15) is 29.8 Å². The summed E-state index contributed by atoms with van der Waals surface area (Å²) in [4.78, 5) is 27.6. The van der Waals surface area contributed by atoms with Crippen LogP contribution in [0.15, 0.2) is 48.8 Å². The summed E-state index contributed by atoms with van der Waals surface area (Å²) >= 11 is 0. The van der Waals surface area contributed by atoms with Gasteiger partial charge in [-0.25, -0.2) is 23.9 Å². The highest BCUT2D eigenvalue weighted by Crippen LogP contribution is 2.49. The third-order valence-corrected chi connectivity index (χ3v) is 8.97. The highest BCUT2D eigenvalue weighted by molar-refractivity contribution is 7.52. The third-order valence-electron chi connectivity index (χ3n) is 7.34. The zero-order chi connectivity index (χ0) is 32.7. The number of rotatable bonds is 11. The van der Waals surface area contributed by atoms with Gasteiger partial charge in [-0.15, -0.1) is 0 Å². The van der Waals surface area contributed by atoms with Crippen LogP contribution in [-0.4, -0.2) is 81.3 Å². The van der Waals surface area contributed by atoms with Crippen molar-refractivity contribution in [2.75, 3.05) is 25.6 Å². The van der Waals surface area contributed by atoms with Gasteiger partial charge in [0.15, 0.2) is 28.9 Å². The lowest BCUT2D eigenvalue weighted by atomic mass is 9.98. The van der Waals surface area contributed by atoms with Crippen LogP contribution in [0, 0.1) is 6.92 Å². The number of alkyl halides is 1. The number of halogens is 1. The Morgan fingerprint density at radius 1 is 1.20 bits per heavy atom. The van der Waals surface area contributed by atoms with Gasteiger partial charge in [-0.05, 0) is 46.1 Å². The number of hydrogen-bond donors (Lipinski definition) is 2. The number of aliphatic hydroxyl groups excluding tert-OH is 1. The SMILES string of the molecule is Cc1nc(N(C)C)c2ncn([C@@H]3O[C@H](CO[P@](=O)(N[C@@H](C)C(=O)OC(C)C)Oc4cccc5ccccc45)[C@@H](O)[C@@]3(C)F)c2n1. The van der Waals surface area contributed by atoms with E-state index in [1.807, 2.05) is 18.2 Å². The Bertz CT molecular complexity index is 1740. The number of nitrogens with zero attached hydrogens (tertiary/aromatic N) is 5. The smallest absolute Gasteiger partial charge is 0.459 e. The van der Waals surface area contributed by atoms with Crippen molar-refractivity contribution >= 4 is 41.5 Å². The van der Waals surface area contributed by atoms with Crippen LogP contribution in [0.25, 0.3) is 21.9 Å². The highest BCUT2D eigenvalue weighted by Gasteiger charge is 2.56. The Kier molecular flexibility index (Phi) is 9.16. The lowest BCUT2D eigenvalue weighted by Crippen LogP contribution is -2.41. The number of nitrogens with one attached hydrogen (secondary N) is 1. The number of aryl methyl sites for hydroxylation is 1. The molecule has 6 atom stereocenters. The summed E-state index contributed by atoms with van der Waals surface area (Å²) in [6, 6.07) is 11.4. The van der Waals surface area contributed by atoms with Gasteiger partial charge in [0.25, 0.3) is 0 Å². The van der Waals surface area contributed by atoms with Gasteiger partial charge >= 0.3 is 13.7 Å². The molecule has 1 saturated heterocycles. The Morgan fingerprint density at radius 2 is 1.91 bits per heavy atom. The summed E-state index contributed by atoms with van der Waals surface area (Å²) in [5.41, 5.74) is -1.59. The number of ether oxygens (including phenoxy) is 2. The second-order valence-electron chi connectivity index (χ2n) is 11.6. The molecule has 3 heterocycles. The first kappa shape index (κ1) is 32.7. The zero-order valence-corrected chi connectivity index (χ0v) is 27.1. The lowest BCUT2D eigenvalue weighted by molar-refractivity contribution is -0.149. The van der Waals surface area contributed by atoms with Crippen molar-refractivity contribution in [3.63, 3.8) is 0 Å². The zero-order valence-electron chi connectivity index (χ0n) is 26.2. The summed E-state index contributed by atoms with van der Waals surface area (Å²) < 4.78 is 54.9. The molecule has 45 heavy (non-hydrogen) atoms. The molecule has 15 heteroatoms. The lowest BCUT2D eigenvalue weighted by Gasteiger charge is -2.26. The van der Waals surface area contributed by atoms with E-state index >= 15 is 4.39 Å². The van der Waals surface area contributed by atoms with Crippen LogP contribution in [0.1, 0.15) is 39.7 Å². The van der Waals surface area contributed by atoms with Gasteiger partial charge in [-0.1, -0.05) is 36.4 Å². The second kappa shape index (κ2) is 12.6. The molecule has 2 aromatic carbocycles. The molecule has 13 nitrogen and oxygen atoms in total. The maximum Gasteiger partial charge on any atom is 0.459 e. The Labute approximate surface area is 260 Å². The van der Waals surface area contributed by atoms with Gasteiger partial charge in [0.05, 0.1) is 19.0 Å². The fraction of sp³-hybridized carbons (Fsp3) is 0.467. The molecule has 1 fully saturated rings. The van der Waals surface area contributed by atoms with Crippen LogP contribution in [0.5, 0.6) is 5.75 Å². The molecule has 242 valence electrons. The van der Waals surface area contributed by atoms with Crippen molar-refractivity contribution in [1.29, 1.82) is 0 Å². The maximum atomic E-state index is 16.2. The first-order valence-corrected chi connectivity index (χ1v) is 16.1. The van der Waals surface area contributed by atoms with E-state index in [-0.39, 0.29) is 5.75 Å². The molecule has 1 aliphatic rings. The maximum absolute atomic E-state index is 16.2. The number of aliphatic hydroxyl groups is 1. The van der Waals surface area contributed by atoms with Gasteiger partial charge in [0, 0.05) is 19.5 Å². The van der Waals surface area contributed by atoms with Gasteiger partial charge in [0.2, 0.25) is 0 Å². The fourth-order valence-corrected chi connectivity index (χ4v) is 6.65. The largest absolute Gasteiger partial charge is 0.462 e. The van der Waals surface area contributed by atoms with Crippen LogP contribution >= 0.6 is 7.75 Å². The predicted molar refractivity (Wildman–Crippen MR) is 166 cm³/mol. The first-order valence-electron chi connectivity index (χ1n) is 14.5. The van der Waals surface area contributed by atoms with E-state index in [4.69, 9.17) is 18.5 Å². The van der Waals surface area contributed by atoms with Crippen molar-refractivity contribution in [2.24, 2.45) is 0 Å². The minimum Gasteiger partial charge on any atom is -0.462 e. The molecule has 0 aliphatic carbocycles. The van der Waals surface area contributed by atoms with Crippen molar-refractivity contribution in [3.05, 3.63) is 54.6 Å². The van der Waals surface area contributed by atoms with E-state index in [0.717, 1.165) is 5.39 Å². The standard InChI is InChI=1S/C30H38FN6O7P/c1-17(2)42-28(39)18(3)35-45(40,44-22-14-10-12-20-11-8-9-13-21(20)22)41-15-23-25(38)30(5,31)29(43-23)37-16-32-24-26(36(6)7)33-19(4)34-27(24)37/h8-14,16-18,23,25,29,38H,15H2,1-7H3,(H,35,40)/t18-,23+,25+,29+,30+,45+/m0/s1. The van der Waals surface area contributed by atoms with Crippen molar-refractivity contribution in [1.82, 2.24) is 24.6 Å². The number of benzene rings is 2. The Hall–Kier alpha value is -3.68. The summed E-state index contributed by atoms with van der Waals surface area (Å²) in [5.74, 6) is 0.531. The molecule has 0 bridgehead atoms. The number of anilines is 1. The summed E-state index contributed by atoms with van der Waals surface area (Å²) in [6.07, 6.45) is -3.39. The molecule has 2 aromatic heterocycles. The number of hydrogen-bond acceptors (Lipinski definition) is 11. The van der Waals surface area contributed by atoms with Crippen LogP contribution < -0.4 is 14.5 Å². The van der Waals surface area contributed by atoms with Crippen LogP contribution in [0.4, 0.5) is 10.2 Å². The van der Waals surface area contributed by atoms with E-state index in [9.17, 15) is 14.5 Å². The molecule has 0 spiro atoms. The monoisotopic (exact) mass is 644 g/mol. The second-order valence-corrected chi connectivity index (χ2v) is 13.3. The molecule has 4 aromatic rings. The summed E-state index contributed by atoms with van der Waals surface area (Å²) in [6.45, 7) is 7.19. The first-order chi connectivity index (χ1) is 21.2. The van der Waals surface area contributed by atoms with E-state index in [1.165, 1.54) is 24.7 Å². The topological polar surface area (TPSA) is 150 Å². The minimum atomic E-state index is -4.37. The van der Waals surface area contributed by atoms with E-state index in [0.29, 0.717) is 28.2 Å². The van der Waals surface area contributed by atoms with Crippen molar-refractivity contribution < 1.29 is 37.4 Å². The number of esters is 1. The molecule has 5 rings (SSSR count). The summed E-state index contributed by atoms with van der Waals surface area (Å²) in [5, 5.41) is 15.2. The average molecular weight is 645 g/mol. The third kappa shape index (κ3) is 6.66. The average Bonchev–Trinajstić information content (AvgIpc) is 3.48. The van der Waals surface area contributed by atoms with E-state index in [2.05, 4.69) is 20.0 Å². The normalized spacial score (nSPS) is 23.7. The number of imidazole rings is 1. The van der Waals surface area contributed by atoms with Gasteiger partial charge < -0.3 is 24.0 Å². The molecular weight excluding hydrogens is 606 g/mol. The van der Waals surface area contributed by atoms with Crippen LogP contribution in [0.3, 0.4) is 0 Å². The van der Waals surface area contributed by atoms with E-state index in [1.54, 1.807) is 64.0 Å².